The number of benzene rings is 1. The summed E-state index contributed by atoms with van der Waals surface area (Å²) in [5.74, 6) is 0.0848. The lowest BCUT2D eigenvalue weighted by atomic mass is 10.1. The number of nitrogens with one attached hydrogen (secondary N) is 1. The van der Waals surface area contributed by atoms with Gasteiger partial charge in [-0.3, -0.25) is 14.7 Å². The second-order valence-corrected chi connectivity index (χ2v) is 8.27. The van der Waals surface area contributed by atoms with E-state index in [4.69, 9.17) is 4.74 Å². The SMILES string of the molecule is O=C(/C=C/Cc1cnccc1-c1sccc1O)Nc1ccc(CN2CCOCC2)cc1. The van der Waals surface area contributed by atoms with Crippen molar-refractivity contribution in [3.8, 4) is 16.2 Å². The standard InChI is InChI=1S/C24H25N3O3S/c28-22-9-15-31-24(22)21-8-10-25-16-19(21)2-1-3-23(29)26-20-6-4-18(5-7-20)17-27-11-13-30-14-12-27/h1,3-10,15-16,28H,2,11-14,17H2,(H,26,29)/b3-1+. The molecule has 2 N–H and O–H groups in total. The van der Waals surface area contributed by atoms with E-state index in [-0.39, 0.29) is 11.7 Å². The highest BCUT2D eigenvalue weighted by Gasteiger charge is 2.11. The zero-order chi connectivity index (χ0) is 21.5. The van der Waals surface area contributed by atoms with Crippen molar-refractivity contribution in [2.24, 2.45) is 0 Å². The Morgan fingerprint density at radius 2 is 2.00 bits per heavy atom. The first kappa shape index (κ1) is 21.2. The first-order valence-corrected chi connectivity index (χ1v) is 11.1. The number of hydrogen-bond acceptors (Lipinski definition) is 6. The molecule has 0 bridgehead atoms. The van der Waals surface area contributed by atoms with Crippen molar-refractivity contribution in [3.63, 3.8) is 0 Å². The van der Waals surface area contributed by atoms with Gasteiger partial charge in [-0.15, -0.1) is 11.3 Å². The number of carbonyl (C=O) groups is 1. The van der Waals surface area contributed by atoms with Gasteiger partial charge in [0.15, 0.2) is 0 Å². The number of amides is 1. The third-order valence-electron chi connectivity index (χ3n) is 5.13. The van der Waals surface area contributed by atoms with Gasteiger partial charge in [-0.05, 0) is 53.3 Å². The quantitative estimate of drug-likeness (QED) is 0.547. The minimum Gasteiger partial charge on any atom is -0.506 e. The Morgan fingerprint density at radius 1 is 1.19 bits per heavy atom. The number of pyridine rings is 1. The number of aromatic nitrogens is 1. The fourth-order valence-corrected chi connectivity index (χ4v) is 4.35. The molecule has 2 aromatic heterocycles. The number of thiophene rings is 1. The Morgan fingerprint density at radius 3 is 2.74 bits per heavy atom. The Hall–Kier alpha value is -3.00. The van der Waals surface area contributed by atoms with Crippen LogP contribution in [0, 0.1) is 0 Å². The van der Waals surface area contributed by atoms with E-state index in [1.807, 2.05) is 41.8 Å². The predicted molar refractivity (Wildman–Crippen MR) is 123 cm³/mol. The van der Waals surface area contributed by atoms with Crippen LogP contribution in [-0.2, 0) is 22.5 Å². The lowest BCUT2D eigenvalue weighted by Gasteiger charge is -2.26. The number of ether oxygens (including phenoxy) is 1. The number of allylic oxidation sites excluding steroid dienone is 1. The Labute approximate surface area is 185 Å². The fraction of sp³-hybridized carbons (Fsp3) is 0.250. The van der Waals surface area contributed by atoms with E-state index in [2.05, 4.69) is 15.2 Å². The monoisotopic (exact) mass is 435 g/mol. The van der Waals surface area contributed by atoms with Gasteiger partial charge in [0.2, 0.25) is 5.91 Å². The maximum absolute atomic E-state index is 12.3. The molecule has 31 heavy (non-hydrogen) atoms. The van der Waals surface area contributed by atoms with Crippen LogP contribution in [0.4, 0.5) is 5.69 Å². The van der Waals surface area contributed by atoms with Crippen LogP contribution < -0.4 is 5.32 Å². The molecule has 3 aromatic rings. The molecule has 1 aliphatic heterocycles. The summed E-state index contributed by atoms with van der Waals surface area (Å²) < 4.78 is 5.38. The van der Waals surface area contributed by atoms with Gasteiger partial charge in [-0.25, -0.2) is 0 Å². The molecule has 0 radical (unpaired) electrons. The van der Waals surface area contributed by atoms with E-state index >= 15 is 0 Å². The zero-order valence-electron chi connectivity index (χ0n) is 17.2. The first-order valence-electron chi connectivity index (χ1n) is 10.3. The zero-order valence-corrected chi connectivity index (χ0v) is 18.0. The largest absolute Gasteiger partial charge is 0.506 e. The molecule has 7 heteroatoms. The van der Waals surface area contributed by atoms with Gasteiger partial charge in [0.1, 0.15) is 5.75 Å². The number of carbonyl (C=O) groups excluding carboxylic acids is 1. The molecule has 0 spiro atoms. The highest BCUT2D eigenvalue weighted by atomic mass is 32.1. The normalized spacial score (nSPS) is 14.7. The number of morpholine rings is 1. The van der Waals surface area contributed by atoms with Gasteiger partial charge in [0.25, 0.3) is 0 Å². The lowest BCUT2D eigenvalue weighted by molar-refractivity contribution is -0.111. The van der Waals surface area contributed by atoms with E-state index < -0.39 is 0 Å². The molecule has 0 atom stereocenters. The minimum atomic E-state index is -0.176. The Balaban J connectivity index is 1.32. The summed E-state index contributed by atoms with van der Waals surface area (Å²) in [6, 6.07) is 11.5. The van der Waals surface area contributed by atoms with E-state index in [0.717, 1.165) is 54.5 Å². The van der Waals surface area contributed by atoms with Crippen molar-refractivity contribution in [3.05, 3.63) is 77.5 Å². The van der Waals surface area contributed by atoms with Crippen LogP contribution in [0.1, 0.15) is 11.1 Å². The number of hydrogen-bond donors (Lipinski definition) is 2. The Bertz CT molecular complexity index is 1040. The maximum Gasteiger partial charge on any atom is 0.248 e. The van der Waals surface area contributed by atoms with Crippen molar-refractivity contribution < 1.29 is 14.6 Å². The number of rotatable bonds is 7. The molecule has 160 valence electrons. The highest BCUT2D eigenvalue weighted by molar-refractivity contribution is 7.14. The third-order valence-corrected chi connectivity index (χ3v) is 6.07. The summed E-state index contributed by atoms with van der Waals surface area (Å²) in [6.45, 7) is 4.37. The first-order chi connectivity index (χ1) is 15.2. The van der Waals surface area contributed by atoms with Gasteiger partial charge >= 0.3 is 0 Å². The summed E-state index contributed by atoms with van der Waals surface area (Å²) >= 11 is 1.48. The molecule has 1 aliphatic rings. The average Bonchev–Trinajstić information content (AvgIpc) is 3.22. The van der Waals surface area contributed by atoms with Crippen LogP contribution in [0.25, 0.3) is 10.4 Å². The molecular weight excluding hydrogens is 410 g/mol. The molecule has 6 nitrogen and oxygen atoms in total. The van der Waals surface area contributed by atoms with Gasteiger partial charge in [-0.2, -0.15) is 0 Å². The lowest BCUT2D eigenvalue weighted by Crippen LogP contribution is -2.35. The Kier molecular flexibility index (Phi) is 7.09. The van der Waals surface area contributed by atoms with Gasteiger partial charge in [0.05, 0.1) is 18.1 Å². The molecule has 1 saturated heterocycles. The molecule has 0 saturated carbocycles. The molecule has 0 unspecified atom stereocenters. The number of nitrogens with zero attached hydrogens (tertiary/aromatic N) is 2. The average molecular weight is 436 g/mol. The predicted octanol–water partition coefficient (Wildman–Crippen LogP) is 4.09. The van der Waals surface area contributed by atoms with Crippen molar-refractivity contribution in [1.29, 1.82) is 0 Å². The van der Waals surface area contributed by atoms with Crippen LogP contribution in [0.15, 0.2) is 66.3 Å². The van der Waals surface area contributed by atoms with Crippen molar-refractivity contribution in [2.45, 2.75) is 13.0 Å². The third kappa shape index (κ3) is 5.79. The van der Waals surface area contributed by atoms with Crippen LogP contribution in [0.2, 0.25) is 0 Å². The van der Waals surface area contributed by atoms with E-state index in [0.29, 0.717) is 6.42 Å². The van der Waals surface area contributed by atoms with E-state index in [9.17, 15) is 9.90 Å². The maximum atomic E-state index is 12.3. The van der Waals surface area contributed by atoms with Crippen LogP contribution in [0.5, 0.6) is 5.75 Å². The van der Waals surface area contributed by atoms with Crippen LogP contribution in [0.3, 0.4) is 0 Å². The topological polar surface area (TPSA) is 74.7 Å². The molecule has 1 amide bonds. The molecule has 3 heterocycles. The molecule has 1 aromatic carbocycles. The van der Waals surface area contributed by atoms with E-state index in [1.165, 1.54) is 23.0 Å². The molecular formula is C24H25N3O3S. The van der Waals surface area contributed by atoms with Crippen LogP contribution >= 0.6 is 11.3 Å². The smallest absolute Gasteiger partial charge is 0.248 e. The summed E-state index contributed by atoms with van der Waals surface area (Å²) in [7, 11) is 0. The van der Waals surface area contributed by atoms with Crippen LogP contribution in [-0.4, -0.2) is 47.2 Å². The number of aromatic hydroxyl groups is 1. The van der Waals surface area contributed by atoms with Gasteiger partial charge in [-0.1, -0.05) is 18.2 Å². The summed E-state index contributed by atoms with van der Waals surface area (Å²) in [6.07, 6.45) is 7.37. The summed E-state index contributed by atoms with van der Waals surface area (Å²) in [5.41, 5.74) is 3.88. The molecule has 0 aliphatic carbocycles. The summed E-state index contributed by atoms with van der Waals surface area (Å²) in [4.78, 5) is 19.7. The molecule has 4 rings (SSSR count). The van der Waals surface area contributed by atoms with Crippen molar-refractivity contribution in [1.82, 2.24) is 9.88 Å². The molecule has 1 fully saturated rings. The van der Waals surface area contributed by atoms with Gasteiger partial charge < -0.3 is 15.2 Å². The van der Waals surface area contributed by atoms with E-state index in [1.54, 1.807) is 18.5 Å². The van der Waals surface area contributed by atoms with Gasteiger partial charge in [0, 0.05) is 43.3 Å². The fourth-order valence-electron chi connectivity index (χ4n) is 3.50. The highest BCUT2D eigenvalue weighted by Crippen LogP contribution is 2.36. The summed E-state index contributed by atoms with van der Waals surface area (Å²) in [5, 5.41) is 14.8. The second-order valence-electron chi connectivity index (χ2n) is 7.35. The van der Waals surface area contributed by atoms with Crippen molar-refractivity contribution >= 4 is 22.9 Å². The van der Waals surface area contributed by atoms with Crippen molar-refractivity contribution in [2.75, 3.05) is 31.6 Å². The minimum absolute atomic E-state index is 0.176. The number of anilines is 1. The second kappa shape index (κ2) is 10.3.